The van der Waals surface area contributed by atoms with Gasteiger partial charge in [0.25, 0.3) is 0 Å². The Morgan fingerprint density at radius 2 is 1.75 bits per heavy atom. The van der Waals surface area contributed by atoms with E-state index < -0.39 is 0 Å². The number of nitrogens with zero attached hydrogens (tertiary/aromatic N) is 1. The van der Waals surface area contributed by atoms with Crippen molar-refractivity contribution in [2.24, 2.45) is 0 Å². The summed E-state index contributed by atoms with van der Waals surface area (Å²) in [6, 6.07) is 30.5. The highest BCUT2D eigenvalue weighted by Gasteiger charge is 2.10. The number of fused-ring (bicyclic) bond motifs is 1. The summed E-state index contributed by atoms with van der Waals surface area (Å²) in [6.07, 6.45) is 3.25. The van der Waals surface area contributed by atoms with Crippen molar-refractivity contribution in [2.75, 3.05) is 12.4 Å². The number of rotatable bonds is 8. The Bertz CT molecular complexity index is 1510. The van der Waals surface area contributed by atoms with Crippen LogP contribution in [-0.2, 0) is 11.4 Å². The number of benzene rings is 4. The van der Waals surface area contributed by atoms with Crippen LogP contribution in [0.4, 0.5) is 5.69 Å². The van der Waals surface area contributed by atoms with E-state index in [1.54, 1.807) is 25.3 Å². The molecule has 0 aliphatic carbocycles. The predicted octanol–water partition coefficient (Wildman–Crippen LogP) is 6.73. The topological polar surface area (TPSA) is 73.6 Å². The molecule has 0 saturated heterocycles. The number of carbonyl (C=O) groups is 1. The summed E-state index contributed by atoms with van der Waals surface area (Å²) < 4.78 is 17.0. The van der Waals surface area contributed by atoms with Gasteiger partial charge in [-0.2, -0.15) is 0 Å². The van der Waals surface area contributed by atoms with Crippen molar-refractivity contribution in [3.05, 3.63) is 114 Å². The second kappa shape index (κ2) is 10.6. The number of carbonyl (C=O) groups excluding carboxylic acids is 1. The van der Waals surface area contributed by atoms with Crippen LogP contribution in [-0.4, -0.2) is 18.0 Å². The number of amides is 1. The molecule has 0 radical (unpaired) electrons. The molecule has 0 fully saturated rings. The molecule has 1 amide bonds. The molecule has 0 bridgehead atoms. The number of methoxy groups -OCH3 is 1. The maximum Gasteiger partial charge on any atom is 0.248 e. The van der Waals surface area contributed by atoms with Crippen molar-refractivity contribution in [3.8, 4) is 23.0 Å². The average Bonchev–Trinajstić information content (AvgIpc) is 3.35. The van der Waals surface area contributed by atoms with Crippen LogP contribution in [0.1, 0.15) is 11.1 Å². The minimum Gasteiger partial charge on any atom is -0.497 e. The van der Waals surface area contributed by atoms with Crippen LogP contribution in [0, 0.1) is 0 Å². The van der Waals surface area contributed by atoms with Crippen LogP contribution in [0.5, 0.6) is 11.5 Å². The van der Waals surface area contributed by atoms with Crippen molar-refractivity contribution in [1.29, 1.82) is 0 Å². The van der Waals surface area contributed by atoms with Crippen LogP contribution in [0.3, 0.4) is 0 Å². The molecular weight excluding hydrogens is 452 g/mol. The molecule has 6 nitrogen and oxygen atoms in total. The zero-order valence-electron chi connectivity index (χ0n) is 19.7. The third kappa shape index (κ3) is 5.62. The standard InChI is InChI=1S/C30H24N2O4/c1-34-26-9-5-8-23(18-26)30-32-27-16-13-24(19-28(27)36-30)31-29(33)17-12-21-10-14-25(15-11-21)35-20-22-6-3-2-4-7-22/h2-19H,20H2,1H3,(H,31,33)/b17-12+. The quantitative estimate of drug-likeness (QED) is 0.251. The molecular formula is C30H24N2O4. The lowest BCUT2D eigenvalue weighted by Crippen LogP contribution is -2.07. The summed E-state index contributed by atoms with van der Waals surface area (Å²) in [5, 5.41) is 2.86. The van der Waals surface area contributed by atoms with Gasteiger partial charge in [0.1, 0.15) is 23.6 Å². The Kier molecular flexibility index (Phi) is 6.76. The molecule has 0 spiro atoms. The Morgan fingerprint density at radius 1 is 0.917 bits per heavy atom. The van der Waals surface area contributed by atoms with Gasteiger partial charge in [-0.1, -0.05) is 48.5 Å². The number of oxazole rings is 1. The lowest BCUT2D eigenvalue weighted by Gasteiger charge is -2.06. The van der Waals surface area contributed by atoms with E-state index in [1.165, 1.54) is 6.08 Å². The van der Waals surface area contributed by atoms with Crippen LogP contribution in [0.25, 0.3) is 28.6 Å². The van der Waals surface area contributed by atoms with Gasteiger partial charge in [0, 0.05) is 23.4 Å². The third-order valence-electron chi connectivity index (χ3n) is 5.53. The number of hydrogen-bond acceptors (Lipinski definition) is 5. The largest absolute Gasteiger partial charge is 0.497 e. The van der Waals surface area contributed by atoms with Crippen LogP contribution in [0.2, 0.25) is 0 Å². The molecule has 4 aromatic carbocycles. The van der Waals surface area contributed by atoms with E-state index in [1.807, 2.05) is 84.9 Å². The van der Waals surface area contributed by atoms with Crippen LogP contribution < -0.4 is 14.8 Å². The maximum atomic E-state index is 12.5. The number of nitrogens with one attached hydrogen (secondary N) is 1. The first-order valence-corrected chi connectivity index (χ1v) is 11.5. The van der Waals surface area contributed by atoms with Crippen LogP contribution in [0.15, 0.2) is 108 Å². The fraction of sp³-hybridized carbons (Fsp3) is 0.0667. The highest BCUT2D eigenvalue weighted by atomic mass is 16.5. The first kappa shape index (κ1) is 22.9. The van der Waals surface area contributed by atoms with Gasteiger partial charge in [-0.15, -0.1) is 0 Å². The summed E-state index contributed by atoms with van der Waals surface area (Å²) in [6.45, 7) is 0.509. The molecule has 0 unspecified atom stereocenters. The molecule has 1 N–H and O–H groups in total. The monoisotopic (exact) mass is 476 g/mol. The first-order chi connectivity index (χ1) is 17.7. The normalized spacial score (nSPS) is 11.0. The Balaban J connectivity index is 1.20. The van der Waals surface area contributed by atoms with E-state index in [-0.39, 0.29) is 5.91 Å². The van der Waals surface area contributed by atoms with Gasteiger partial charge in [-0.05, 0) is 59.7 Å². The Hall–Kier alpha value is -4.84. The van der Waals surface area contributed by atoms with Gasteiger partial charge in [-0.3, -0.25) is 4.79 Å². The minimum atomic E-state index is -0.244. The fourth-order valence-corrected chi connectivity index (χ4v) is 3.65. The van der Waals surface area contributed by atoms with Crippen molar-refractivity contribution in [1.82, 2.24) is 4.98 Å². The van der Waals surface area contributed by atoms with Gasteiger partial charge in [-0.25, -0.2) is 4.98 Å². The molecule has 5 rings (SSSR count). The first-order valence-electron chi connectivity index (χ1n) is 11.5. The zero-order valence-corrected chi connectivity index (χ0v) is 19.7. The van der Waals surface area contributed by atoms with E-state index in [2.05, 4.69) is 10.3 Å². The minimum absolute atomic E-state index is 0.244. The molecule has 1 heterocycles. The molecule has 6 heteroatoms. The molecule has 0 atom stereocenters. The summed E-state index contributed by atoms with van der Waals surface area (Å²) >= 11 is 0. The van der Waals surface area contributed by atoms with E-state index in [0.29, 0.717) is 29.3 Å². The average molecular weight is 477 g/mol. The van der Waals surface area contributed by atoms with Crippen LogP contribution >= 0.6 is 0 Å². The van der Waals surface area contributed by atoms with E-state index in [9.17, 15) is 4.79 Å². The van der Waals surface area contributed by atoms with E-state index >= 15 is 0 Å². The molecule has 0 aliphatic rings. The van der Waals surface area contributed by atoms with Gasteiger partial charge < -0.3 is 19.2 Å². The smallest absolute Gasteiger partial charge is 0.248 e. The third-order valence-corrected chi connectivity index (χ3v) is 5.53. The van der Waals surface area contributed by atoms with Crippen molar-refractivity contribution >= 4 is 28.8 Å². The SMILES string of the molecule is COc1cccc(-c2nc3ccc(NC(=O)/C=C/c4ccc(OCc5ccccc5)cc4)cc3o2)c1. The Morgan fingerprint density at radius 3 is 2.56 bits per heavy atom. The summed E-state index contributed by atoms with van der Waals surface area (Å²) in [5.74, 6) is 1.74. The van der Waals surface area contributed by atoms with Crippen molar-refractivity contribution < 1.29 is 18.7 Å². The van der Waals surface area contributed by atoms with Gasteiger partial charge in [0.2, 0.25) is 11.8 Å². The lowest BCUT2D eigenvalue weighted by molar-refractivity contribution is -0.111. The highest BCUT2D eigenvalue weighted by molar-refractivity contribution is 6.02. The molecule has 0 saturated carbocycles. The fourth-order valence-electron chi connectivity index (χ4n) is 3.65. The number of aromatic nitrogens is 1. The summed E-state index contributed by atoms with van der Waals surface area (Å²) in [5.41, 5.74) is 4.73. The number of anilines is 1. The van der Waals surface area contributed by atoms with E-state index in [0.717, 1.165) is 28.2 Å². The molecule has 36 heavy (non-hydrogen) atoms. The van der Waals surface area contributed by atoms with E-state index in [4.69, 9.17) is 13.9 Å². The van der Waals surface area contributed by atoms with Crippen molar-refractivity contribution in [2.45, 2.75) is 6.61 Å². The molecule has 1 aromatic heterocycles. The summed E-state index contributed by atoms with van der Waals surface area (Å²) in [7, 11) is 1.62. The lowest BCUT2D eigenvalue weighted by atomic mass is 10.2. The number of ether oxygens (including phenoxy) is 2. The second-order valence-electron chi connectivity index (χ2n) is 8.10. The predicted molar refractivity (Wildman–Crippen MR) is 141 cm³/mol. The molecule has 0 aliphatic heterocycles. The summed E-state index contributed by atoms with van der Waals surface area (Å²) in [4.78, 5) is 17.0. The van der Waals surface area contributed by atoms with Crippen molar-refractivity contribution in [3.63, 3.8) is 0 Å². The van der Waals surface area contributed by atoms with Gasteiger partial charge >= 0.3 is 0 Å². The Labute approximate surface area is 208 Å². The number of hydrogen-bond donors (Lipinski definition) is 1. The molecule has 178 valence electrons. The second-order valence-corrected chi connectivity index (χ2v) is 8.10. The zero-order chi connectivity index (χ0) is 24.7. The van der Waals surface area contributed by atoms with Gasteiger partial charge in [0.15, 0.2) is 5.58 Å². The van der Waals surface area contributed by atoms with Gasteiger partial charge in [0.05, 0.1) is 7.11 Å². The highest BCUT2D eigenvalue weighted by Crippen LogP contribution is 2.28. The molecule has 5 aromatic rings. The maximum absolute atomic E-state index is 12.5.